The van der Waals surface area contributed by atoms with Crippen LogP contribution in [0.5, 0.6) is 0 Å². The highest BCUT2D eigenvalue weighted by Gasteiger charge is 2.39. The third kappa shape index (κ3) is 4.67. The highest BCUT2D eigenvalue weighted by Crippen LogP contribution is 2.24. The molecule has 6 heteroatoms. The number of hydrogen-bond acceptors (Lipinski definition) is 4. The lowest BCUT2D eigenvalue weighted by molar-refractivity contribution is -0.141. The molecule has 0 radical (unpaired) electrons. The Kier molecular flexibility index (Phi) is 5.39. The number of aliphatic carboxylic acids is 1. The molecule has 0 aromatic heterocycles. The maximum absolute atomic E-state index is 12.4. The van der Waals surface area contributed by atoms with Crippen molar-refractivity contribution in [1.29, 1.82) is 0 Å². The molecular weight excluding hydrogens is 262 g/mol. The summed E-state index contributed by atoms with van der Waals surface area (Å²) in [7, 11) is 0. The van der Waals surface area contributed by atoms with Crippen molar-refractivity contribution in [3.63, 3.8) is 0 Å². The second-order valence-electron chi connectivity index (χ2n) is 6.49. The van der Waals surface area contributed by atoms with Crippen LogP contribution in [-0.4, -0.2) is 53.0 Å². The molecular formula is C14H25NO5. The van der Waals surface area contributed by atoms with Crippen molar-refractivity contribution in [2.75, 3.05) is 13.2 Å². The highest BCUT2D eigenvalue weighted by atomic mass is 16.6. The average Bonchev–Trinajstić information content (AvgIpc) is 2.25. The van der Waals surface area contributed by atoms with E-state index in [4.69, 9.17) is 14.6 Å². The summed E-state index contributed by atoms with van der Waals surface area (Å²) in [5.74, 6) is -0.782. The van der Waals surface area contributed by atoms with Crippen LogP contribution in [0.2, 0.25) is 0 Å². The van der Waals surface area contributed by atoms with Gasteiger partial charge in [0, 0.05) is 0 Å². The van der Waals surface area contributed by atoms with Crippen molar-refractivity contribution >= 4 is 12.1 Å². The van der Waals surface area contributed by atoms with Gasteiger partial charge in [-0.3, -0.25) is 9.69 Å². The Bertz CT molecular complexity index is 361. The van der Waals surface area contributed by atoms with Crippen LogP contribution in [0, 0.1) is 5.92 Å². The Labute approximate surface area is 120 Å². The van der Waals surface area contributed by atoms with Crippen LogP contribution in [-0.2, 0) is 14.3 Å². The Morgan fingerprint density at radius 3 is 2.40 bits per heavy atom. The minimum Gasteiger partial charge on any atom is -0.481 e. The molecule has 1 rings (SSSR count). The first-order valence-corrected chi connectivity index (χ1v) is 6.92. The molecule has 2 unspecified atom stereocenters. The minimum atomic E-state index is -0.948. The van der Waals surface area contributed by atoms with Gasteiger partial charge in [-0.05, 0) is 26.7 Å². The first-order valence-electron chi connectivity index (χ1n) is 6.92. The lowest BCUT2D eigenvalue weighted by Crippen LogP contribution is -2.58. The zero-order chi connectivity index (χ0) is 15.5. The summed E-state index contributed by atoms with van der Waals surface area (Å²) in [6.45, 7) is 9.98. The van der Waals surface area contributed by atoms with Gasteiger partial charge in [-0.25, -0.2) is 4.79 Å². The summed E-state index contributed by atoms with van der Waals surface area (Å²) in [5.41, 5.74) is -0.606. The molecule has 6 nitrogen and oxygen atoms in total. The lowest BCUT2D eigenvalue weighted by Gasteiger charge is -2.43. The van der Waals surface area contributed by atoms with Crippen molar-refractivity contribution in [2.24, 2.45) is 5.92 Å². The van der Waals surface area contributed by atoms with Crippen LogP contribution in [0.3, 0.4) is 0 Å². The normalized spacial score (nSPS) is 23.8. The summed E-state index contributed by atoms with van der Waals surface area (Å²) >= 11 is 0. The number of carboxylic acid groups (broad SMARTS) is 1. The third-order valence-corrected chi connectivity index (χ3v) is 3.13. The fourth-order valence-corrected chi connectivity index (χ4v) is 2.23. The van der Waals surface area contributed by atoms with Gasteiger partial charge in [0.05, 0.1) is 31.7 Å². The van der Waals surface area contributed by atoms with E-state index < -0.39 is 23.7 Å². The van der Waals surface area contributed by atoms with Crippen molar-refractivity contribution in [3.8, 4) is 0 Å². The van der Waals surface area contributed by atoms with E-state index in [0.29, 0.717) is 6.61 Å². The van der Waals surface area contributed by atoms with Crippen LogP contribution in [0.1, 0.15) is 41.0 Å². The third-order valence-electron chi connectivity index (χ3n) is 3.13. The smallest absolute Gasteiger partial charge is 0.410 e. The number of hydrogen-bond donors (Lipinski definition) is 1. The van der Waals surface area contributed by atoms with Gasteiger partial charge in [0.1, 0.15) is 5.60 Å². The maximum atomic E-state index is 12.4. The van der Waals surface area contributed by atoms with Crippen LogP contribution in [0.4, 0.5) is 4.79 Å². The highest BCUT2D eigenvalue weighted by molar-refractivity contribution is 5.72. The molecule has 0 aliphatic carbocycles. The molecule has 1 aliphatic rings. The lowest BCUT2D eigenvalue weighted by atomic mass is 9.99. The predicted octanol–water partition coefficient (Wildman–Crippen LogP) is 2.12. The van der Waals surface area contributed by atoms with Gasteiger partial charge < -0.3 is 14.6 Å². The first-order chi connectivity index (χ1) is 9.11. The quantitative estimate of drug-likeness (QED) is 0.860. The summed E-state index contributed by atoms with van der Waals surface area (Å²) < 4.78 is 10.9. The van der Waals surface area contributed by atoms with Crippen molar-refractivity contribution in [1.82, 2.24) is 4.90 Å². The zero-order valence-corrected chi connectivity index (χ0v) is 12.9. The fourth-order valence-electron chi connectivity index (χ4n) is 2.23. The first kappa shape index (κ1) is 16.8. The minimum absolute atomic E-state index is 0.136. The molecule has 1 amide bonds. The number of rotatable bonds is 3. The summed E-state index contributed by atoms with van der Waals surface area (Å²) in [5, 5.41) is 8.99. The Morgan fingerprint density at radius 1 is 1.35 bits per heavy atom. The van der Waals surface area contributed by atoms with Crippen LogP contribution >= 0.6 is 0 Å². The molecule has 2 atom stereocenters. The summed E-state index contributed by atoms with van der Waals surface area (Å²) in [6, 6.07) is -0.647. The molecule has 0 bridgehead atoms. The van der Waals surface area contributed by atoms with Gasteiger partial charge in [0.15, 0.2) is 0 Å². The van der Waals surface area contributed by atoms with Crippen molar-refractivity contribution < 1.29 is 24.2 Å². The van der Waals surface area contributed by atoms with E-state index in [1.165, 1.54) is 0 Å². The average molecular weight is 287 g/mol. The van der Waals surface area contributed by atoms with Gasteiger partial charge in [0.25, 0.3) is 0 Å². The predicted molar refractivity (Wildman–Crippen MR) is 73.6 cm³/mol. The standard InChI is InChI=1S/C14H25NO5/c1-9(2)11-8-19-7-10(6-12(16)17)15(11)13(18)20-14(3,4)5/h9-11H,6-8H2,1-5H3,(H,16,17). The Hall–Kier alpha value is -1.30. The SMILES string of the molecule is CC(C)C1COCC(CC(=O)O)N1C(=O)OC(C)(C)C. The molecule has 0 aromatic rings. The van der Waals surface area contributed by atoms with E-state index in [1.54, 1.807) is 25.7 Å². The van der Waals surface area contributed by atoms with Gasteiger partial charge in [-0.1, -0.05) is 13.8 Å². The fraction of sp³-hybridized carbons (Fsp3) is 0.857. The molecule has 1 N–H and O–H groups in total. The Morgan fingerprint density at radius 2 is 1.95 bits per heavy atom. The van der Waals surface area contributed by atoms with E-state index in [1.807, 2.05) is 13.8 Å². The molecule has 1 fully saturated rings. The van der Waals surface area contributed by atoms with Crippen LogP contribution in [0.15, 0.2) is 0 Å². The topological polar surface area (TPSA) is 76.1 Å². The van der Waals surface area contributed by atoms with E-state index in [9.17, 15) is 9.59 Å². The van der Waals surface area contributed by atoms with Gasteiger partial charge in [-0.2, -0.15) is 0 Å². The van der Waals surface area contributed by atoms with Gasteiger partial charge >= 0.3 is 12.1 Å². The number of amides is 1. The van der Waals surface area contributed by atoms with Gasteiger partial charge in [0.2, 0.25) is 0 Å². The number of morpholine rings is 1. The number of carboxylic acids is 1. The van der Waals surface area contributed by atoms with E-state index in [0.717, 1.165) is 0 Å². The van der Waals surface area contributed by atoms with E-state index >= 15 is 0 Å². The van der Waals surface area contributed by atoms with Crippen molar-refractivity contribution in [3.05, 3.63) is 0 Å². The maximum Gasteiger partial charge on any atom is 0.410 e. The molecule has 0 saturated carbocycles. The molecule has 0 aromatic carbocycles. The zero-order valence-electron chi connectivity index (χ0n) is 12.9. The van der Waals surface area contributed by atoms with E-state index in [2.05, 4.69) is 0 Å². The second kappa shape index (κ2) is 6.43. The molecule has 1 aliphatic heterocycles. The molecule has 0 spiro atoms. The van der Waals surface area contributed by atoms with Gasteiger partial charge in [-0.15, -0.1) is 0 Å². The monoisotopic (exact) mass is 287 g/mol. The number of carbonyl (C=O) groups is 2. The largest absolute Gasteiger partial charge is 0.481 e. The second-order valence-corrected chi connectivity index (χ2v) is 6.49. The Balaban J connectivity index is 2.93. The van der Waals surface area contributed by atoms with Crippen molar-refractivity contribution in [2.45, 2.75) is 58.7 Å². The van der Waals surface area contributed by atoms with E-state index in [-0.39, 0.29) is 25.0 Å². The number of ether oxygens (including phenoxy) is 2. The number of carbonyl (C=O) groups excluding carboxylic acids is 1. The summed E-state index contributed by atoms with van der Waals surface area (Å²) in [6.07, 6.45) is -0.603. The molecule has 1 saturated heterocycles. The van der Waals surface area contributed by atoms with Crippen LogP contribution in [0.25, 0.3) is 0 Å². The molecule has 1 heterocycles. The molecule has 20 heavy (non-hydrogen) atoms. The summed E-state index contributed by atoms with van der Waals surface area (Å²) in [4.78, 5) is 24.9. The number of nitrogens with zero attached hydrogens (tertiary/aromatic N) is 1. The molecule has 116 valence electrons. The van der Waals surface area contributed by atoms with Crippen LogP contribution < -0.4 is 0 Å².